The molecule has 0 atom stereocenters. The van der Waals surface area contributed by atoms with Crippen molar-refractivity contribution in [1.82, 2.24) is 29.9 Å². The Kier molecular flexibility index (Phi) is 18.3. The van der Waals surface area contributed by atoms with E-state index in [0.717, 1.165) is 41.8 Å². The predicted molar refractivity (Wildman–Crippen MR) is 311 cm³/mol. The molecule has 0 radical (unpaired) electrons. The van der Waals surface area contributed by atoms with E-state index in [1.165, 1.54) is 61.1 Å². The first-order valence-electron chi connectivity index (χ1n) is 25.6. The minimum absolute atomic E-state index is 0.0156. The molecule has 0 unspecified atom stereocenters. The minimum Gasteiger partial charge on any atom is -0.397 e. The number of fused-ring (bicyclic) bond motifs is 4. The van der Waals surface area contributed by atoms with Gasteiger partial charge in [-0.05, 0) is 97.1 Å². The van der Waals surface area contributed by atoms with Gasteiger partial charge in [0.2, 0.25) is 0 Å². The highest BCUT2D eigenvalue weighted by Crippen LogP contribution is 2.38. The molecule has 0 aliphatic rings. The number of hydrogen-bond acceptors (Lipinski definition) is 12. The number of amides is 1. The SMILES string of the molecule is Nc1cccc2ccc(-c3cc(F)cc(C(F)(F)F)c3)nc12.O=C(Nc1cccc2ccc(-c3cc(F)cc(C(F)(F)F)c3)nc12)c1cnccn1.O=[N+]([O-])c1cccc2ccc(-c3cc(F)cc(C(F)(F)F)c3)nc12.O=[N+]([O-])c1cccc2ccc(Cl)nc12. The molecule has 0 bridgehead atoms. The number of hydrogen-bond donors (Lipinski definition) is 2. The van der Waals surface area contributed by atoms with E-state index in [1.54, 1.807) is 78.9 Å². The second kappa shape index (κ2) is 26.0. The average Bonchev–Trinajstić information content (AvgIpc) is 3.44. The number of nitrogen functional groups attached to an aromatic ring is 1. The zero-order valence-corrected chi connectivity index (χ0v) is 45.8. The maximum Gasteiger partial charge on any atom is 0.416 e. The van der Waals surface area contributed by atoms with Crippen molar-refractivity contribution < 1.29 is 67.3 Å². The Balaban J connectivity index is 0.000000146. The summed E-state index contributed by atoms with van der Waals surface area (Å²) in [6, 6.07) is 38.5. The average molecular weight is 1260 g/mol. The molecule has 0 saturated heterocycles. The number of aromatic nitrogens is 6. The zero-order valence-electron chi connectivity index (χ0n) is 45.1. The van der Waals surface area contributed by atoms with Crippen LogP contribution in [-0.2, 0) is 18.5 Å². The van der Waals surface area contributed by atoms with E-state index in [4.69, 9.17) is 17.3 Å². The second-order valence-electron chi connectivity index (χ2n) is 19.0. The van der Waals surface area contributed by atoms with Crippen molar-refractivity contribution in [2.75, 3.05) is 11.1 Å². The smallest absolute Gasteiger partial charge is 0.397 e. The summed E-state index contributed by atoms with van der Waals surface area (Å²) in [5, 5.41) is 27.2. The summed E-state index contributed by atoms with van der Waals surface area (Å²) in [4.78, 5) is 57.4. The number of pyridine rings is 4. The summed E-state index contributed by atoms with van der Waals surface area (Å²) in [7, 11) is 0. The standard InChI is InChI=1S/C21H12F4N4O.C16H8F4N2O2.C16H10F4N2.C9H5ClN2O2/c22-15-9-13(8-14(10-15)21(23,24)25)16-5-4-12-2-1-3-17(19(12)28-16)29-20(30)18-11-26-6-7-27-18;17-12-7-10(6-11(8-12)16(18,19)20)13-5-4-9-2-1-3-14(22(23)24)15(9)21-13;17-12-7-10(6-11(8-12)16(18,19)20)14-5-4-9-2-1-3-13(21)15(9)22-14;10-8-5-4-6-2-1-3-7(12(13)14)9(6)11-8/h1-11H,(H,29,30);1-8H;1-8H,21H2;1-5H. The van der Waals surface area contributed by atoms with Crippen LogP contribution in [0.4, 0.5) is 75.4 Å². The first-order valence-corrected chi connectivity index (χ1v) is 26.0. The molecule has 28 heteroatoms. The Bertz CT molecular complexity index is 4740. The normalized spacial score (nSPS) is 11.4. The van der Waals surface area contributed by atoms with Crippen molar-refractivity contribution in [2.45, 2.75) is 18.5 Å². The van der Waals surface area contributed by atoms with Crippen LogP contribution in [0, 0.1) is 37.7 Å². The minimum atomic E-state index is -4.71. The molecular formula is C62H35ClF12N10O5. The van der Waals surface area contributed by atoms with Crippen molar-refractivity contribution in [3.63, 3.8) is 0 Å². The molecular weight excluding hydrogens is 1230 g/mol. The van der Waals surface area contributed by atoms with Crippen LogP contribution < -0.4 is 11.1 Å². The summed E-state index contributed by atoms with van der Waals surface area (Å²) < 4.78 is 157. The first kappa shape index (κ1) is 63.3. The van der Waals surface area contributed by atoms with Gasteiger partial charge in [0, 0.05) is 62.8 Å². The Labute approximate surface area is 502 Å². The number of anilines is 2. The summed E-state index contributed by atoms with van der Waals surface area (Å²) in [5.74, 6) is -3.57. The molecule has 0 saturated carbocycles. The van der Waals surface area contributed by atoms with Crippen LogP contribution >= 0.6 is 11.6 Å². The topological polar surface area (TPSA) is 219 Å². The molecule has 5 heterocycles. The lowest BCUT2D eigenvalue weighted by atomic mass is 10.1. The lowest BCUT2D eigenvalue weighted by Crippen LogP contribution is -2.14. The summed E-state index contributed by atoms with van der Waals surface area (Å²) >= 11 is 5.66. The van der Waals surface area contributed by atoms with Crippen molar-refractivity contribution in [2.24, 2.45) is 0 Å². The number of rotatable bonds is 7. The van der Waals surface area contributed by atoms with Crippen LogP contribution in [0.15, 0.2) is 195 Å². The van der Waals surface area contributed by atoms with Gasteiger partial charge in [-0.15, -0.1) is 0 Å². The Morgan fingerprint density at radius 3 is 1.29 bits per heavy atom. The Morgan fingerprint density at radius 1 is 0.467 bits per heavy atom. The fourth-order valence-electron chi connectivity index (χ4n) is 8.74. The quantitative estimate of drug-likeness (QED) is 0.0501. The predicted octanol–water partition coefficient (Wildman–Crippen LogP) is 17.5. The van der Waals surface area contributed by atoms with Crippen molar-refractivity contribution in [3.8, 4) is 33.8 Å². The van der Waals surface area contributed by atoms with Crippen molar-refractivity contribution >= 4 is 83.9 Å². The fraction of sp³-hybridized carbons (Fsp3) is 0.0484. The number of carbonyl (C=O) groups excluding carboxylic acids is 1. The number of nitro benzene ring substituents is 2. The van der Waals surface area contributed by atoms with E-state index >= 15 is 0 Å². The highest BCUT2D eigenvalue weighted by Gasteiger charge is 2.34. The molecule has 0 aliphatic carbocycles. The number of benzene rings is 7. The van der Waals surface area contributed by atoms with E-state index in [9.17, 15) is 77.7 Å². The number of non-ortho nitro benzene ring substituents is 2. The van der Waals surface area contributed by atoms with Gasteiger partial charge in [0.15, 0.2) is 0 Å². The van der Waals surface area contributed by atoms with Gasteiger partial charge in [-0.2, -0.15) is 39.5 Å². The van der Waals surface area contributed by atoms with Crippen molar-refractivity contribution in [3.05, 3.63) is 260 Å². The Morgan fingerprint density at radius 2 is 0.856 bits per heavy atom. The third-order valence-corrected chi connectivity index (χ3v) is 13.0. The Hall–Kier alpha value is -11.2. The molecule has 3 N–H and O–H groups in total. The van der Waals surface area contributed by atoms with Crippen molar-refractivity contribution in [1.29, 1.82) is 0 Å². The largest absolute Gasteiger partial charge is 0.416 e. The molecule has 90 heavy (non-hydrogen) atoms. The maximum atomic E-state index is 13.8. The fourth-order valence-corrected chi connectivity index (χ4v) is 8.89. The molecule has 0 aliphatic heterocycles. The number of nitrogens with zero attached hydrogens (tertiary/aromatic N) is 8. The van der Waals surface area contributed by atoms with Crippen LogP contribution in [0.25, 0.3) is 77.4 Å². The van der Waals surface area contributed by atoms with Gasteiger partial charge in [0.05, 0.1) is 72.2 Å². The summed E-state index contributed by atoms with van der Waals surface area (Å²) in [6.07, 6.45) is -9.92. The number of nitrogens with two attached hydrogens (primary N) is 1. The maximum absolute atomic E-state index is 13.8. The van der Waals surface area contributed by atoms with Gasteiger partial charge in [-0.1, -0.05) is 78.3 Å². The van der Waals surface area contributed by atoms with Gasteiger partial charge in [-0.25, -0.2) is 38.1 Å². The van der Waals surface area contributed by atoms with E-state index in [2.05, 4.69) is 35.2 Å². The molecule has 7 aromatic carbocycles. The molecule has 12 rings (SSSR count). The third kappa shape index (κ3) is 15.1. The van der Waals surface area contributed by atoms with Crippen LogP contribution in [0.1, 0.15) is 27.2 Å². The lowest BCUT2D eigenvalue weighted by molar-refractivity contribution is -0.383. The number of alkyl halides is 9. The van der Waals surface area contributed by atoms with Crippen LogP contribution in [0.3, 0.4) is 0 Å². The summed E-state index contributed by atoms with van der Waals surface area (Å²) in [6.45, 7) is 0. The number of nitrogens with one attached hydrogen (secondary N) is 1. The van der Waals surface area contributed by atoms with E-state index in [0.29, 0.717) is 62.3 Å². The van der Waals surface area contributed by atoms with Crippen LogP contribution in [0.5, 0.6) is 0 Å². The molecule has 5 aromatic heterocycles. The van der Waals surface area contributed by atoms with E-state index in [1.807, 2.05) is 0 Å². The lowest BCUT2D eigenvalue weighted by Gasteiger charge is -2.11. The van der Waals surface area contributed by atoms with E-state index < -0.39 is 68.4 Å². The number of nitro groups is 2. The third-order valence-electron chi connectivity index (χ3n) is 12.8. The molecule has 12 aromatic rings. The zero-order chi connectivity index (χ0) is 64.8. The first-order chi connectivity index (χ1) is 42.6. The van der Waals surface area contributed by atoms with Gasteiger partial charge < -0.3 is 11.1 Å². The number of halogens is 13. The monoisotopic (exact) mass is 1260 g/mol. The molecule has 454 valence electrons. The van der Waals surface area contributed by atoms with Gasteiger partial charge in [0.1, 0.15) is 39.3 Å². The van der Waals surface area contributed by atoms with Gasteiger partial charge in [-0.3, -0.25) is 30.0 Å². The molecule has 1 amide bonds. The highest BCUT2D eigenvalue weighted by molar-refractivity contribution is 6.29. The number of carbonyl (C=O) groups is 1. The molecule has 0 fully saturated rings. The molecule has 15 nitrogen and oxygen atoms in total. The molecule has 0 spiro atoms. The highest BCUT2D eigenvalue weighted by atomic mass is 35.5. The van der Waals surface area contributed by atoms with Gasteiger partial charge >= 0.3 is 18.5 Å². The van der Waals surface area contributed by atoms with Crippen LogP contribution in [-0.4, -0.2) is 45.7 Å². The second-order valence-corrected chi connectivity index (χ2v) is 19.3. The van der Waals surface area contributed by atoms with Gasteiger partial charge in [0.25, 0.3) is 17.3 Å². The summed E-state index contributed by atoms with van der Waals surface area (Å²) in [5.41, 5.74) is 4.49. The number of para-hydroxylation sites is 4. The van der Waals surface area contributed by atoms with E-state index in [-0.39, 0.29) is 61.5 Å². The van der Waals surface area contributed by atoms with Crippen LogP contribution in [0.2, 0.25) is 5.15 Å².